The number of hydrogen-bond donors (Lipinski definition) is 0. The summed E-state index contributed by atoms with van der Waals surface area (Å²) in [5.41, 5.74) is 13.5. The van der Waals surface area contributed by atoms with Crippen LogP contribution in [-0.4, -0.2) is 8.75 Å². The highest BCUT2D eigenvalue weighted by molar-refractivity contribution is 7.00. The number of rotatable bonds is 12. The Kier molecular flexibility index (Phi) is 9.85. The minimum absolute atomic E-state index is 0.687. The van der Waals surface area contributed by atoms with Gasteiger partial charge in [0, 0.05) is 11.1 Å². The Bertz CT molecular complexity index is 1800. The lowest BCUT2D eigenvalue weighted by Crippen LogP contribution is -1.89. The van der Waals surface area contributed by atoms with Crippen molar-refractivity contribution in [1.29, 1.82) is 0 Å². The highest BCUT2D eigenvalue weighted by atomic mass is 35.5. The van der Waals surface area contributed by atoms with Crippen LogP contribution >= 0.6 is 23.3 Å². The fourth-order valence-corrected chi connectivity index (χ4v) is 6.84. The Morgan fingerprint density at radius 1 is 0.500 bits per heavy atom. The Morgan fingerprint density at radius 2 is 0.909 bits per heavy atom. The van der Waals surface area contributed by atoms with E-state index in [1.807, 2.05) is 6.07 Å². The van der Waals surface area contributed by atoms with E-state index >= 15 is 0 Å². The number of fused-ring (bicyclic) bond motifs is 1. The summed E-state index contributed by atoms with van der Waals surface area (Å²) in [5.74, 6) is 0. The third-order valence-corrected chi connectivity index (χ3v) is 9.40. The molecule has 0 bridgehead atoms. The Balaban J connectivity index is 1.22. The molecule has 0 spiro atoms. The second-order valence-corrected chi connectivity index (χ2v) is 12.6. The molecule has 222 valence electrons. The van der Waals surface area contributed by atoms with Gasteiger partial charge in [-0.25, -0.2) is 0 Å². The topological polar surface area (TPSA) is 25.8 Å². The number of hydrogen-bond acceptors (Lipinski definition) is 3. The first kappa shape index (κ1) is 30.2. The summed E-state index contributed by atoms with van der Waals surface area (Å²) < 4.78 is 9.42. The van der Waals surface area contributed by atoms with Crippen molar-refractivity contribution in [3.05, 3.63) is 119 Å². The van der Waals surface area contributed by atoms with Crippen LogP contribution in [0.2, 0.25) is 5.02 Å². The van der Waals surface area contributed by atoms with E-state index in [4.69, 9.17) is 20.3 Å². The number of aromatic nitrogens is 2. The van der Waals surface area contributed by atoms with E-state index in [9.17, 15) is 0 Å². The van der Waals surface area contributed by atoms with Crippen molar-refractivity contribution in [1.82, 2.24) is 8.75 Å². The van der Waals surface area contributed by atoms with Crippen LogP contribution in [0.5, 0.6) is 0 Å². The molecule has 4 heteroatoms. The number of nitrogens with zero attached hydrogens (tertiary/aromatic N) is 2. The first-order valence-corrected chi connectivity index (χ1v) is 17.1. The molecular formula is C40H39ClN2S. The van der Waals surface area contributed by atoms with Crippen molar-refractivity contribution in [2.24, 2.45) is 0 Å². The number of aryl methyl sites for hydroxylation is 2. The summed E-state index contributed by atoms with van der Waals surface area (Å²) in [6.45, 7) is 4.50. The second-order valence-electron chi connectivity index (χ2n) is 11.7. The summed E-state index contributed by atoms with van der Waals surface area (Å²) in [6, 6.07) is 37.4. The van der Waals surface area contributed by atoms with Gasteiger partial charge in [0.15, 0.2) is 0 Å². The second kappa shape index (κ2) is 14.3. The molecule has 0 amide bonds. The molecule has 0 aliphatic rings. The SMILES string of the molecule is CCCCCc1ccc(-c2ccc(-c3cc(Cl)c(-c4ccc(-c5ccc(CCCCC)cc5)cc4)c4nsnc34)cc2)cc1. The Labute approximate surface area is 271 Å². The molecule has 1 aromatic heterocycles. The van der Waals surface area contributed by atoms with E-state index in [0.29, 0.717) is 5.02 Å². The van der Waals surface area contributed by atoms with Gasteiger partial charge in [-0.1, -0.05) is 148 Å². The standard InChI is InChI=1S/C40H39ClN2S/c1-3-5-7-9-28-11-15-30(16-12-28)32-19-23-34(24-20-32)36-27-37(41)38(40-39(36)42-44-43-40)35-25-21-33(22-26-35)31-17-13-29(14-18-31)10-8-6-4-2/h11-27H,3-10H2,1-2H3. The predicted molar refractivity (Wildman–Crippen MR) is 191 cm³/mol. The van der Waals surface area contributed by atoms with Crippen LogP contribution in [0.15, 0.2) is 103 Å². The fraction of sp³-hybridized carbons (Fsp3) is 0.250. The van der Waals surface area contributed by atoms with Gasteiger partial charge >= 0.3 is 0 Å². The van der Waals surface area contributed by atoms with Crippen LogP contribution in [0, 0.1) is 0 Å². The van der Waals surface area contributed by atoms with Gasteiger partial charge < -0.3 is 0 Å². The van der Waals surface area contributed by atoms with Gasteiger partial charge in [0.1, 0.15) is 11.0 Å². The molecule has 1 heterocycles. The maximum absolute atomic E-state index is 7.00. The molecule has 2 nitrogen and oxygen atoms in total. The summed E-state index contributed by atoms with van der Waals surface area (Å²) in [7, 11) is 0. The number of unbranched alkanes of at least 4 members (excludes halogenated alkanes) is 4. The third kappa shape index (κ3) is 6.80. The summed E-state index contributed by atoms with van der Waals surface area (Å²) in [5, 5.41) is 0.687. The molecule has 0 unspecified atom stereocenters. The van der Waals surface area contributed by atoms with Crippen molar-refractivity contribution >= 4 is 34.4 Å². The average Bonchev–Trinajstić information content (AvgIpc) is 3.55. The lowest BCUT2D eigenvalue weighted by Gasteiger charge is -2.12. The fourth-order valence-electron chi connectivity index (χ4n) is 5.96. The maximum Gasteiger partial charge on any atom is 0.114 e. The summed E-state index contributed by atoms with van der Waals surface area (Å²) in [6.07, 6.45) is 9.89. The molecular weight excluding hydrogens is 576 g/mol. The van der Waals surface area contributed by atoms with Gasteiger partial charge in [0.25, 0.3) is 0 Å². The molecule has 0 atom stereocenters. The average molecular weight is 615 g/mol. The zero-order valence-corrected chi connectivity index (χ0v) is 27.2. The zero-order chi connectivity index (χ0) is 30.3. The van der Waals surface area contributed by atoms with E-state index in [1.54, 1.807) is 0 Å². The first-order chi connectivity index (χ1) is 21.6. The van der Waals surface area contributed by atoms with E-state index in [0.717, 1.165) is 46.1 Å². The lowest BCUT2D eigenvalue weighted by molar-refractivity contribution is 0.717. The Morgan fingerprint density at radius 3 is 1.39 bits per heavy atom. The molecule has 6 rings (SSSR count). The molecule has 6 aromatic rings. The molecule has 0 aliphatic heterocycles. The van der Waals surface area contributed by atoms with E-state index < -0.39 is 0 Å². The number of halogens is 1. The van der Waals surface area contributed by atoms with Crippen LogP contribution in [-0.2, 0) is 12.8 Å². The van der Waals surface area contributed by atoms with Crippen molar-refractivity contribution in [3.63, 3.8) is 0 Å². The van der Waals surface area contributed by atoms with Gasteiger partial charge in [-0.2, -0.15) is 8.75 Å². The monoisotopic (exact) mass is 614 g/mol. The normalized spacial score (nSPS) is 11.3. The van der Waals surface area contributed by atoms with E-state index in [1.165, 1.54) is 83.6 Å². The molecule has 44 heavy (non-hydrogen) atoms. The quantitative estimate of drug-likeness (QED) is 0.128. The van der Waals surface area contributed by atoms with Gasteiger partial charge in [0.2, 0.25) is 0 Å². The molecule has 0 saturated heterocycles. The van der Waals surface area contributed by atoms with Crippen molar-refractivity contribution in [2.45, 2.75) is 65.2 Å². The third-order valence-electron chi connectivity index (χ3n) is 8.57. The van der Waals surface area contributed by atoms with Crippen LogP contribution in [0.25, 0.3) is 55.5 Å². The van der Waals surface area contributed by atoms with Gasteiger partial charge in [0.05, 0.1) is 16.8 Å². The lowest BCUT2D eigenvalue weighted by atomic mass is 9.94. The maximum atomic E-state index is 7.00. The van der Waals surface area contributed by atoms with Gasteiger partial charge in [-0.05, 0) is 76.3 Å². The Hall–Kier alpha value is -3.79. The minimum atomic E-state index is 0.687. The van der Waals surface area contributed by atoms with Gasteiger partial charge in [-0.3, -0.25) is 0 Å². The van der Waals surface area contributed by atoms with Crippen LogP contribution in [0.4, 0.5) is 0 Å². The summed E-state index contributed by atoms with van der Waals surface area (Å²) >= 11 is 8.24. The largest absolute Gasteiger partial charge is 0.172 e. The van der Waals surface area contributed by atoms with Crippen LogP contribution < -0.4 is 0 Å². The summed E-state index contributed by atoms with van der Waals surface area (Å²) in [4.78, 5) is 0. The van der Waals surface area contributed by atoms with Crippen molar-refractivity contribution in [3.8, 4) is 44.5 Å². The predicted octanol–water partition coefficient (Wildman–Crippen LogP) is 12.5. The van der Waals surface area contributed by atoms with E-state index in [2.05, 4.69) is 111 Å². The molecule has 0 N–H and O–H groups in total. The van der Waals surface area contributed by atoms with Crippen molar-refractivity contribution < 1.29 is 0 Å². The highest BCUT2D eigenvalue weighted by Gasteiger charge is 2.18. The van der Waals surface area contributed by atoms with Crippen LogP contribution in [0.1, 0.15) is 63.5 Å². The van der Waals surface area contributed by atoms with Gasteiger partial charge in [-0.15, -0.1) is 0 Å². The smallest absolute Gasteiger partial charge is 0.114 e. The van der Waals surface area contributed by atoms with Crippen molar-refractivity contribution in [2.75, 3.05) is 0 Å². The molecule has 0 radical (unpaired) electrons. The molecule has 0 aliphatic carbocycles. The molecule has 0 saturated carbocycles. The first-order valence-electron chi connectivity index (χ1n) is 16.0. The number of benzene rings is 5. The van der Waals surface area contributed by atoms with E-state index in [-0.39, 0.29) is 0 Å². The highest BCUT2D eigenvalue weighted by Crippen LogP contribution is 2.41. The van der Waals surface area contributed by atoms with Crippen LogP contribution in [0.3, 0.4) is 0 Å². The minimum Gasteiger partial charge on any atom is -0.172 e. The molecule has 5 aromatic carbocycles. The molecule has 0 fully saturated rings. The zero-order valence-electron chi connectivity index (χ0n) is 25.7.